The van der Waals surface area contributed by atoms with Gasteiger partial charge in [-0.05, 0) is 55.9 Å². The minimum absolute atomic E-state index is 0.659. The van der Waals surface area contributed by atoms with E-state index in [1.807, 2.05) is 12.1 Å². The number of hydrogen-bond donors (Lipinski definition) is 1. The summed E-state index contributed by atoms with van der Waals surface area (Å²) in [5.41, 5.74) is 1.21. The van der Waals surface area contributed by atoms with Crippen molar-refractivity contribution in [3.05, 3.63) is 24.3 Å². The summed E-state index contributed by atoms with van der Waals surface area (Å²) in [5.74, 6) is 1.88. The maximum absolute atomic E-state index is 5.16. The summed E-state index contributed by atoms with van der Waals surface area (Å²) < 4.78 is 5.16. The minimum Gasteiger partial charge on any atom is -0.497 e. The van der Waals surface area contributed by atoms with E-state index in [1.165, 1.54) is 37.8 Å². The van der Waals surface area contributed by atoms with E-state index >= 15 is 0 Å². The molecule has 1 aliphatic rings. The Morgan fingerprint density at radius 1 is 1.12 bits per heavy atom. The topological polar surface area (TPSA) is 21.3 Å². The molecule has 17 heavy (non-hydrogen) atoms. The van der Waals surface area contributed by atoms with Crippen LogP contribution in [0.25, 0.3) is 0 Å². The SMILES string of the molecule is CCC1CCC(Nc2ccc(OC)cc2)CC1. The van der Waals surface area contributed by atoms with E-state index < -0.39 is 0 Å². The largest absolute Gasteiger partial charge is 0.497 e. The highest BCUT2D eigenvalue weighted by Gasteiger charge is 2.19. The number of nitrogens with one attached hydrogen (secondary N) is 1. The van der Waals surface area contributed by atoms with Gasteiger partial charge in [0.2, 0.25) is 0 Å². The third-order valence-corrected chi connectivity index (χ3v) is 3.88. The summed E-state index contributed by atoms with van der Waals surface area (Å²) in [6.07, 6.45) is 6.72. The molecule has 0 unspecified atom stereocenters. The van der Waals surface area contributed by atoms with E-state index in [4.69, 9.17) is 4.74 Å². The van der Waals surface area contributed by atoms with Gasteiger partial charge in [0.1, 0.15) is 5.75 Å². The Hall–Kier alpha value is -1.18. The van der Waals surface area contributed by atoms with Crippen LogP contribution in [0.15, 0.2) is 24.3 Å². The molecule has 0 aromatic heterocycles. The molecule has 0 spiro atoms. The Morgan fingerprint density at radius 2 is 1.76 bits per heavy atom. The van der Waals surface area contributed by atoms with Crippen molar-refractivity contribution >= 4 is 5.69 Å². The average Bonchev–Trinajstić information content (AvgIpc) is 2.40. The molecule has 0 atom stereocenters. The highest BCUT2D eigenvalue weighted by Crippen LogP contribution is 2.28. The molecule has 2 heteroatoms. The van der Waals surface area contributed by atoms with Gasteiger partial charge in [-0.3, -0.25) is 0 Å². The first-order valence-corrected chi connectivity index (χ1v) is 6.72. The van der Waals surface area contributed by atoms with Crippen LogP contribution in [0, 0.1) is 5.92 Å². The fourth-order valence-corrected chi connectivity index (χ4v) is 2.64. The van der Waals surface area contributed by atoms with Crippen LogP contribution in [0.5, 0.6) is 5.75 Å². The van der Waals surface area contributed by atoms with Crippen molar-refractivity contribution < 1.29 is 4.74 Å². The second kappa shape index (κ2) is 5.95. The van der Waals surface area contributed by atoms with Gasteiger partial charge in [-0.2, -0.15) is 0 Å². The van der Waals surface area contributed by atoms with Crippen LogP contribution >= 0.6 is 0 Å². The van der Waals surface area contributed by atoms with E-state index in [0.29, 0.717) is 6.04 Å². The van der Waals surface area contributed by atoms with Crippen molar-refractivity contribution in [3.63, 3.8) is 0 Å². The van der Waals surface area contributed by atoms with Gasteiger partial charge in [-0.15, -0.1) is 0 Å². The van der Waals surface area contributed by atoms with Gasteiger partial charge in [0.25, 0.3) is 0 Å². The van der Waals surface area contributed by atoms with E-state index in [2.05, 4.69) is 24.4 Å². The maximum atomic E-state index is 5.16. The first-order chi connectivity index (χ1) is 8.31. The van der Waals surface area contributed by atoms with Crippen LogP contribution in [0.1, 0.15) is 39.0 Å². The summed E-state index contributed by atoms with van der Waals surface area (Å²) in [6, 6.07) is 8.89. The summed E-state index contributed by atoms with van der Waals surface area (Å²) >= 11 is 0. The van der Waals surface area contributed by atoms with Crippen molar-refractivity contribution in [1.82, 2.24) is 0 Å². The Labute approximate surface area is 104 Å². The minimum atomic E-state index is 0.659. The van der Waals surface area contributed by atoms with Gasteiger partial charge in [-0.25, -0.2) is 0 Å². The highest BCUT2D eigenvalue weighted by atomic mass is 16.5. The predicted octanol–water partition coefficient (Wildman–Crippen LogP) is 4.08. The molecule has 0 amide bonds. The molecule has 94 valence electrons. The van der Waals surface area contributed by atoms with Gasteiger partial charge in [0, 0.05) is 11.7 Å². The summed E-state index contributed by atoms with van der Waals surface area (Å²) in [6.45, 7) is 2.31. The predicted molar refractivity (Wildman–Crippen MR) is 72.7 cm³/mol. The first-order valence-electron chi connectivity index (χ1n) is 6.72. The second-order valence-electron chi connectivity index (χ2n) is 5.00. The van der Waals surface area contributed by atoms with Crippen molar-refractivity contribution in [2.45, 2.75) is 45.1 Å². The van der Waals surface area contributed by atoms with E-state index in [1.54, 1.807) is 7.11 Å². The van der Waals surface area contributed by atoms with Crippen molar-refractivity contribution in [2.75, 3.05) is 12.4 Å². The molecule has 2 nitrogen and oxygen atoms in total. The zero-order valence-electron chi connectivity index (χ0n) is 10.9. The number of rotatable bonds is 4. The zero-order chi connectivity index (χ0) is 12.1. The lowest BCUT2D eigenvalue weighted by molar-refractivity contribution is 0.330. The quantitative estimate of drug-likeness (QED) is 0.846. The normalized spacial score (nSPS) is 24.4. The van der Waals surface area contributed by atoms with Crippen LogP contribution in [-0.2, 0) is 0 Å². The lowest BCUT2D eigenvalue weighted by Gasteiger charge is -2.29. The van der Waals surface area contributed by atoms with Crippen molar-refractivity contribution in [1.29, 1.82) is 0 Å². The smallest absolute Gasteiger partial charge is 0.119 e. The highest BCUT2D eigenvalue weighted by molar-refractivity contribution is 5.47. The standard InChI is InChI=1S/C15H23NO/c1-3-12-4-6-13(7-5-12)16-14-8-10-15(17-2)11-9-14/h8-13,16H,3-7H2,1-2H3. The Balaban J connectivity index is 1.84. The summed E-state index contributed by atoms with van der Waals surface area (Å²) in [7, 11) is 1.70. The molecule has 1 aliphatic carbocycles. The number of hydrogen-bond acceptors (Lipinski definition) is 2. The Morgan fingerprint density at radius 3 is 2.29 bits per heavy atom. The fraction of sp³-hybridized carbons (Fsp3) is 0.600. The Bertz CT molecular complexity index is 325. The third kappa shape index (κ3) is 3.39. The van der Waals surface area contributed by atoms with Crippen LogP contribution in [0.4, 0.5) is 5.69 Å². The maximum Gasteiger partial charge on any atom is 0.119 e. The summed E-state index contributed by atoms with van der Waals surface area (Å²) in [5, 5.41) is 3.62. The van der Waals surface area contributed by atoms with Crippen LogP contribution in [0.3, 0.4) is 0 Å². The van der Waals surface area contributed by atoms with Gasteiger partial charge < -0.3 is 10.1 Å². The Kier molecular flexibility index (Phi) is 4.29. The molecule has 0 bridgehead atoms. The summed E-state index contributed by atoms with van der Waals surface area (Å²) in [4.78, 5) is 0. The van der Waals surface area contributed by atoms with Crippen molar-refractivity contribution in [2.24, 2.45) is 5.92 Å². The number of anilines is 1. The third-order valence-electron chi connectivity index (χ3n) is 3.88. The van der Waals surface area contributed by atoms with Gasteiger partial charge in [-0.1, -0.05) is 13.3 Å². The van der Waals surface area contributed by atoms with E-state index in [9.17, 15) is 0 Å². The number of methoxy groups -OCH3 is 1. The van der Waals surface area contributed by atoms with Crippen LogP contribution < -0.4 is 10.1 Å². The van der Waals surface area contributed by atoms with E-state index in [-0.39, 0.29) is 0 Å². The zero-order valence-corrected chi connectivity index (χ0v) is 10.9. The molecule has 0 radical (unpaired) electrons. The lowest BCUT2D eigenvalue weighted by atomic mass is 9.84. The molecular weight excluding hydrogens is 210 g/mol. The van der Waals surface area contributed by atoms with E-state index in [0.717, 1.165) is 11.7 Å². The molecule has 0 saturated heterocycles. The van der Waals surface area contributed by atoms with Crippen molar-refractivity contribution in [3.8, 4) is 5.75 Å². The van der Waals surface area contributed by atoms with Gasteiger partial charge >= 0.3 is 0 Å². The number of ether oxygens (including phenoxy) is 1. The molecule has 2 rings (SSSR count). The molecule has 1 aromatic rings. The molecule has 1 fully saturated rings. The average molecular weight is 233 g/mol. The van der Waals surface area contributed by atoms with Crippen LogP contribution in [-0.4, -0.2) is 13.2 Å². The number of benzene rings is 1. The molecule has 1 N–H and O–H groups in total. The molecule has 1 aromatic carbocycles. The fourth-order valence-electron chi connectivity index (χ4n) is 2.64. The molecule has 1 saturated carbocycles. The monoisotopic (exact) mass is 233 g/mol. The van der Waals surface area contributed by atoms with Gasteiger partial charge in [0.05, 0.1) is 7.11 Å². The van der Waals surface area contributed by atoms with Gasteiger partial charge in [0.15, 0.2) is 0 Å². The van der Waals surface area contributed by atoms with Crippen LogP contribution in [0.2, 0.25) is 0 Å². The molecular formula is C15H23NO. The first kappa shape index (κ1) is 12.3. The second-order valence-corrected chi connectivity index (χ2v) is 5.00. The molecule has 0 heterocycles. The lowest BCUT2D eigenvalue weighted by Crippen LogP contribution is -2.25. The molecule has 0 aliphatic heterocycles.